The van der Waals surface area contributed by atoms with Crippen LogP contribution >= 0.6 is 0 Å². The Kier molecular flexibility index (Phi) is 32.2. The van der Waals surface area contributed by atoms with Crippen LogP contribution in [-0.4, -0.2) is 5.11 Å². The summed E-state index contributed by atoms with van der Waals surface area (Å²) >= 11 is 0. The second-order valence-electron chi connectivity index (χ2n) is 0.100. The van der Waals surface area contributed by atoms with Crippen molar-refractivity contribution in [1.82, 2.24) is 0 Å². The van der Waals surface area contributed by atoms with Gasteiger partial charge in [-0.05, 0) is 0 Å². The SMILES string of the molecule is N#CO.[Fe+3]. The third kappa shape index (κ3) is 32.7. The number of hydrogen-bond acceptors (Lipinski definition) is 2. The molecule has 0 aromatic heterocycles. The Morgan fingerprint density at radius 3 is 1.75 bits per heavy atom. The summed E-state index contributed by atoms with van der Waals surface area (Å²) in [5, 5.41) is 13.8. The predicted molar refractivity (Wildman–Crippen MR) is 7.55 cm³/mol. The first-order valence-electron chi connectivity index (χ1n) is 0.447. The van der Waals surface area contributed by atoms with Crippen LogP contribution in [0.1, 0.15) is 0 Å². The fraction of sp³-hybridized carbons (Fsp3) is 0. The maximum Gasteiger partial charge on any atom is 3.00 e. The van der Waals surface area contributed by atoms with E-state index in [-0.39, 0.29) is 17.1 Å². The molecule has 1 N–H and O–H groups in total. The molecule has 4 heavy (non-hydrogen) atoms. The van der Waals surface area contributed by atoms with E-state index in [0.29, 0.717) is 0 Å². The Hall–Kier alpha value is -0.191. The standard InChI is InChI=1S/CHNO.Fe/c2-1-3;/h3H;/q;+3. The predicted octanol–water partition coefficient (Wildman–Crippen LogP) is -0.163. The van der Waals surface area contributed by atoms with Gasteiger partial charge in [-0.1, -0.05) is 0 Å². The minimum Gasteiger partial charge on any atom is -0.443 e. The second kappa shape index (κ2) is 14.0. The number of nitriles is 1. The summed E-state index contributed by atoms with van der Waals surface area (Å²) in [6.07, 6.45) is 0.750. The molecule has 0 aliphatic heterocycles. The first-order valence-corrected chi connectivity index (χ1v) is 0.447. The van der Waals surface area contributed by atoms with Crippen LogP contribution in [0.15, 0.2) is 0 Å². The van der Waals surface area contributed by atoms with Gasteiger partial charge >= 0.3 is 17.1 Å². The molecule has 2 nitrogen and oxygen atoms in total. The summed E-state index contributed by atoms with van der Waals surface area (Å²) in [5.41, 5.74) is 0. The molecule has 0 saturated heterocycles. The Morgan fingerprint density at radius 2 is 1.75 bits per heavy atom. The minimum atomic E-state index is 0. The van der Waals surface area contributed by atoms with Crippen LogP contribution in [0.5, 0.6) is 0 Å². The van der Waals surface area contributed by atoms with Crippen molar-refractivity contribution in [2.45, 2.75) is 0 Å². The Morgan fingerprint density at radius 1 is 1.75 bits per heavy atom. The van der Waals surface area contributed by atoms with E-state index in [1.165, 1.54) is 0 Å². The molecule has 1 radical (unpaired) electrons. The number of rotatable bonds is 0. The summed E-state index contributed by atoms with van der Waals surface area (Å²) < 4.78 is 0. The smallest absolute Gasteiger partial charge is 0.443 e. The van der Waals surface area contributed by atoms with Crippen LogP contribution in [0.4, 0.5) is 0 Å². The number of nitrogens with zero attached hydrogens (tertiary/aromatic N) is 1. The molecular weight excluding hydrogens is 97.9 g/mol. The summed E-state index contributed by atoms with van der Waals surface area (Å²) in [4.78, 5) is 0. The molecule has 0 bridgehead atoms. The van der Waals surface area contributed by atoms with Crippen LogP contribution in [-0.2, 0) is 17.1 Å². The van der Waals surface area contributed by atoms with Gasteiger partial charge in [0.15, 0.2) is 0 Å². The first-order chi connectivity index (χ1) is 1.41. The zero-order valence-electron chi connectivity index (χ0n) is 1.75. The number of hydrogen-bond donors (Lipinski definition) is 1. The van der Waals surface area contributed by atoms with Crippen LogP contribution in [0.25, 0.3) is 0 Å². The van der Waals surface area contributed by atoms with Gasteiger partial charge in [0, 0.05) is 0 Å². The van der Waals surface area contributed by atoms with Crippen molar-refractivity contribution in [3.8, 4) is 6.26 Å². The zero-order valence-corrected chi connectivity index (χ0v) is 2.85. The fourth-order valence-corrected chi connectivity index (χ4v) is 0. The number of aliphatic hydroxyl groups excluding tert-OH is 1. The van der Waals surface area contributed by atoms with E-state index in [1.807, 2.05) is 0 Å². The summed E-state index contributed by atoms with van der Waals surface area (Å²) in [5.74, 6) is 0. The minimum absolute atomic E-state index is 0. The van der Waals surface area contributed by atoms with Crippen molar-refractivity contribution in [1.29, 1.82) is 5.26 Å². The van der Waals surface area contributed by atoms with Gasteiger partial charge in [0.25, 0.3) is 6.26 Å². The van der Waals surface area contributed by atoms with Crippen LogP contribution in [0, 0.1) is 11.5 Å². The third-order valence-electron chi connectivity index (χ3n) is 0. The molecule has 21 valence electrons. The van der Waals surface area contributed by atoms with Gasteiger partial charge in [0.1, 0.15) is 0 Å². The van der Waals surface area contributed by atoms with Gasteiger partial charge in [0.05, 0.1) is 0 Å². The Balaban J connectivity index is 0. The van der Waals surface area contributed by atoms with Gasteiger partial charge in [-0.25, -0.2) is 0 Å². The topological polar surface area (TPSA) is 44.0 Å². The van der Waals surface area contributed by atoms with E-state index >= 15 is 0 Å². The molecule has 0 aromatic carbocycles. The third-order valence-corrected chi connectivity index (χ3v) is 0. The van der Waals surface area contributed by atoms with E-state index in [0.717, 1.165) is 6.26 Å². The molecule has 0 amide bonds. The molecular formula is CHFeNO+3. The summed E-state index contributed by atoms with van der Waals surface area (Å²) in [6.45, 7) is 0. The molecule has 0 heterocycles. The largest absolute Gasteiger partial charge is 3.00 e. The number of aliphatic hydroxyl groups is 1. The van der Waals surface area contributed by atoms with Crippen LogP contribution < -0.4 is 0 Å². The van der Waals surface area contributed by atoms with Crippen molar-refractivity contribution in [2.75, 3.05) is 0 Å². The van der Waals surface area contributed by atoms with Crippen molar-refractivity contribution in [2.24, 2.45) is 0 Å². The maximum atomic E-state index is 6.88. The average molecular weight is 98.9 g/mol. The average Bonchev–Trinajstić information content (AvgIpc) is 0.918. The molecule has 0 aliphatic carbocycles. The molecule has 0 aromatic rings. The zero-order chi connectivity index (χ0) is 2.71. The molecule has 0 rings (SSSR count). The molecule has 3 heteroatoms. The molecule has 0 aliphatic rings. The van der Waals surface area contributed by atoms with E-state index in [1.54, 1.807) is 0 Å². The van der Waals surface area contributed by atoms with Gasteiger partial charge in [-0.2, -0.15) is 5.26 Å². The Labute approximate surface area is 34.5 Å². The first kappa shape index (κ1) is 9.18. The Bertz CT molecular complexity index is 29.5. The molecule has 0 saturated carbocycles. The van der Waals surface area contributed by atoms with Crippen LogP contribution in [0.2, 0.25) is 0 Å². The normalized spacial score (nSPS) is 1.75. The summed E-state index contributed by atoms with van der Waals surface area (Å²) in [6, 6.07) is 0. The van der Waals surface area contributed by atoms with Crippen molar-refractivity contribution in [3.05, 3.63) is 0 Å². The van der Waals surface area contributed by atoms with Crippen LogP contribution in [0.3, 0.4) is 0 Å². The second-order valence-corrected chi connectivity index (χ2v) is 0.100. The van der Waals surface area contributed by atoms with E-state index < -0.39 is 0 Å². The van der Waals surface area contributed by atoms with E-state index in [2.05, 4.69) is 0 Å². The molecule has 0 unspecified atom stereocenters. The molecule has 0 atom stereocenters. The molecule has 0 fully saturated rings. The van der Waals surface area contributed by atoms with Crippen molar-refractivity contribution < 1.29 is 22.2 Å². The van der Waals surface area contributed by atoms with Crippen molar-refractivity contribution >= 4 is 0 Å². The summed E-state index contributed by atoms with van der Waals surface area (Å²) in [7, 11) is 0. The van der Waals surface area contributed by atoms with E-state index in [9.17, 15) is 0 Å². The van der Waals surface area contributed by atoms with Gasteiger partial charge in [-0.3, -0.25) is 0 Å². The van der Waals surface area contributed by atoms with E-state index in [4.69, 9.17) is 10.4 Å². The molecule has 0 spiro atoms. The maximum absolute atomic E-state index is 6.88. The van der Waals surface area contributed by atoms with Gasteiger partial charge in [-0.15, -0.1) is 0 Å². The van der Waals surface area contributed by atoms with Gasteiger partial charge in [0.2, 0.25) is 0 Å². The monoisotopic (exact) mass is 98.9 g/mol. The quantitative estimate of drug-likeness (QED) is 0.338. The van der Waals surface area contributed by atoms with Gasteiger partial charge < -0.3 is 5.11 Å². The fourth-order valence-electron chi connectivity index (χ4n) is 0. The van der Waals surface area contributed by atoms with Crippen molar-refractivity contribution in [3.63, 3.8) is 0 Å².